The molecule has 1 heterocycles. The van der Waals surface area contributed by atoms with E-state index in [-0.39, 0.29) is 23.3 Å². The molecule has 146 valence electrons. The van der Waals surface area contributed by atoms with E-state index in [4.69, 9.17) is 4.52 Å². The number of rotatable bonds is 10. The van der Waals surface area contributed by atoms with Crippen LogP contribution in [0.25, 0.3) is 0 Å². The number of hydrogen-bond acceptors (Lipinski definition) is 6. The lowest BCUT2D eigenvalue weighted by Gasteiger charge is -2.31. The summed E-state index contributed by atoms with van der Waals surface area (Å²) in [5.74, 6) is 1.32. The Kier molecular flexibility index (Phi) is 8.97. The van der Waals surface area contributed by atoms with Gasteiger partial charge in [0.1, 0.15) is 5.76 Å². The summed E-state index contributed by atoms with van der Waals surface area (Å²) in [6.45, 7) is 3.45. The minimum absolute atomic E-state index is 0.0274. The van der Waals surface area contributed by atoms with Crippen LogP contribution in [0.15, 0.2) is 10.6 Å². The van der Waals surface area contributed by atoms with Crippen molar-refractivity contribution in [3.63, 3.8) is 0 Å². The quantitative estimate of drug-likeness (QED) is 0.604. The molecule has 1 fully saturated rings. The molecule has 0 radical (unpaired) electrons. The SMILES string of the molecule is Cc1cc(NC(=O)CSCC(=O)NCCCN(C)C2CCCCC2)no1. The number of aryl methyl sites for hydroxylation is 1. The van der Waals surface area contributed by atoms with Crippen molar-refractivity contribution < 1.29 is 14.1 Å². The summed E-state index contributed by atoms with van der Waals surface area (Å²) in [5.41, 5.74) is 0. The van der Waals surface area contributed by atoms with Crippen molar-refractivity contribution in [2.45, 2.75) is 51.5 Å². The first-order valence-electron chi connectivity index (χ1n) is 9.32. The van der Waals surface area contributed by atoms with Crippen molar-refractivity contribution in [3.8, 4) is 0 Å². The van der Waals surface area contributed by atoms with E-state index < -0.39 is 0 Å². The minimum Gasteiger partial charge on any atom is -0.360 e. The molecule has 1 aromatic heterocycles. The van der Waals surface area contributed by atoms with Gasteiger partial charge >= 0.3 is 0 Å². The van der Waals surface area contributed by atoms with E-state index in [9.17, 15) is 9.59 Å². The summed E-state index contributed by atoms with van der Waals surface area (Å²) < 4.78 is 4.88. The Morgan fingerprint density at radius 1 is 1.27 bits per heavy atom. The number of anilines is 1. The monoisotopic (exact) mass is 382 g/mol. The predicted molar refractivity (Wildman–Crippen MR) is 104 cm³/mol. The standard InChI is InChI=1S/C18H30N4O3S/c1-14-11-16(21-25-14)20-18(24)13-26-12-17(23)19-9-6-10-22(2)15-7-4-3-5-8-15/h11,15H,3-10,12-13H2,1-2H3,(H,19,23)(H,20,21,24). The van der Waals surface area contributed by atoms with Crippen molar-refractivity contribution >= 4 is 29.4 Å². The molecule has 0 unspecified atom stereocenters. The molecule has 26 heavy (non-hydrogen) atoms. The largest absolute Gasteiger partial charge is 0.360 e. The van der Waals surface area contributed by atoms with Crippen molar-refractivity contribution in [1.29, 1.82) is 0 Å². The van der Waals surface area contributed by atoms with Gasteiger partial charge in [-0.2, -0.15) is 0 Å². The molecule has 7 nitrogen and oxygen atoms in total. The smallest absolute Gasteiger partial charge is 0.235 e. The highest BCUT2D eigenvalue weighted by atomic mass is 32.2. The highest BCUT2D eigenvalue weighted by Gasteiger charge is 2.17. The normalized spacial score (nSPS) is 15.2. The van der Waals surface area contributed by atoms with Crippen LogP contribution in [0.4, 0.5) is 5.82 Å². The number of thioether (sulfide) groups is 1. The average molecular weight is 383 g/mol. The summed E-state index contributed by atoms with van der Waals surface area (Å²) >= 11 is 1.29. The molecule has 0 aliphatic heterocycles. The van der Waals surface area contributed by atoms with Crippen LogP contribution >= 0.6 is 11.8 Å². The number of carbonyl (C=O) groups excluding carboxylic acids is 2. The lowest BCUT2D eigenvalue weighted by Crippen LogP contribution is -2.36. The maximum absolute atomic E-state index is 11.8. The third kappa shape index (κ3) is 7.78. The number of amides is 2. The van der Waals surface area contributed by atoms with Gasteiger partial charge in [-0.1, -0.05) is 24.4 Å². The van der Waals surface area contributed by atoms with Gasteiger partial charge in [-0.25, -0.2) is 0 Å². The van der Waals surface area contributed by atoms with Crippen LogP contribution in [-0.2, 0) is 9.59 Å². The zero-order valence-corrected chi connectivity index (χ0v) is 16.6. The number of aromatic nitrogens is 1. The Hall–Kier alpha value is -1.54. The molecule has 8 heteroatoms. The van der Waals surface area contributed by atoms with Crippen LogP contribution in [0.3, 0.4) is 0 Å². The molecule has 0 aromatic carbocycles. The molecule has 0 atom stereocenters. The third-order valence-corrected chi connectivity index (χ3v) is 5.50. The van der Waals surface area contributed by atoms with Crippen molar-refractivity contribution in [2.75, 3.05) is 37.0 Å². The van der Waals surface area contributed by atoms with E-state index >= 15 is 0 Å². The first-order chi connectivity index (χ1) is 12.5. The Labute approximate surface area is 159 Å². The van der Waals surface area contributed by atoms with Gasteiger partial charge in [0, 0.05) is 18.7 Å². The molecule has 2 amide bonds. The van der Waals surface area contributed by atoms with Crippen LogP contribution in [0, 0.1) is 6.92 Å². The topological polar surface area (TPSA) is 87.5 Å². The zero-order chi connectivity index (χ0) is 18.8. The van der Waals surface area contributed by atoms with E-state index in [1.54, 1.807) is 13.0 Å². The predicted octanol–water partition coefficient (Wildman–Crippen LogP) is 2.43. The Balaban J connectivity index is 1.48. The van der Waals surface area contributed by atoms with Gasteiger partial charge in [0.05, 0.1) is 11.5 Å². The Bertz CT molecular complexity index is 573. The van der Waals surface area contributed by atoms with Gasteiger partial charge in [-0.3, -0.25) is 9.59 Å². The lowest BCUT2D eigenvalue weighted by molar-refractivity contribution is -0.118. The molecule has 0 spiro atoms. The molecular weight excluding hydrogens is 352 g/mol. The fourth-order valence-electron chi connectivity index (χ4n) is 3.15. The number of nitrogens with zero attached hydrogens (tertiary/aromatic N) is 2. The molecule has 1 aliphatic carbocycles. The fourth-order valence-corrected chi connectivity index (χ4v) is 3.80. The Morgan fingerprint density at radius 3 is 2.69 bits per heavy atom. The van der Waals surface area contributed by atoms with Crippen LogP contribution in [0.5, 0.6) is 0 Å². The van der Waals surface area contributed by atoms with Crippen LogP contribution in [0.2, 0.25) is 0 Å². The van der Waals surface area contributed by atoms with Crippen molar-refractivity contribution in [2.24, 2.45) is 0 Å². The van der Waals surface area contributed by atoms with Gasteiger partial charge in [0.15, 0.2) is 5.82 Å². The number of nitrogens with one attached hydrogen (secondary N) is 2. The van der Waals surface area contributed by atoms with E-state index in [0.29, 0.717) is 24.2 Å². The summed E-state index contributed by atoms with van der Waals surface area (Å²) in [6.07, 6.45) is 7.61. The summed E-state index contributed by atoms with van der Waals surface area (Å²) in [4.78, 5) is 26.0. The highest BCUT2D eigenvalue weighted by molar-refractivity contribution is 8.00. The molecule has 0 bridgehead atoms. The third-order valence-electron chi connectivity index (χ3n) is 4.57. The van der Waals surface area contributed by atoms with Gasteiger partial charge in [0.25, 0.3) is 0 Å². The lowest BCUT2D eigenvalue weighted by atomic mass is 9.94. The van der Waals surface area contributed by atoms with Crippen molar-refractivity contribution in [1.82, 2.24) is 15.4 Å². The second-order valence-corrected chi connectivity index (χ2v) is 7.83. The van der Waals surface area contributed by atoms with Crippen LogP contribution < -0.4 is 10.6 Å². The Morgan fingerprint density at radius 2 is 2.00 bits per heavy atom. The maximum Gasteiger partial charge on any atom is 0.235 e. The number of carbonyl (C=O) groups is 2. The van der Waals surface area contributed by atoms with E-state index in [1.165, 1.54) is 43.9 Å². The summed E-state index contributed by atoms with van der Waals surface area (Å²) in [6, 6.07) is 2.36. The number of hydrogen-bond donors (Lipinski definition) is 2. The van der Waals surface area contributed by atoms with E-state index in [2.05, 4.69) is 27.7 Å². The van der Waals surface area contributed by atoms with Gasteiger partial charge in [-0.15, -0.1) is 11.8 Å². The molecule has 1 aromatic rings. The summed E-state index contributed by atoms with van der Waals surface area (Å²) in [5, 5.41) is 9.25. The second-order valence-electron chi connectivity index (χ2n) is 6.84. The zero-order valence-electron chi connectivity index (χ0n) is 15.8. The molecular formula is C18H30N4O3S. The first kappa shape index (κ1) is 20.8. The maximum atomic E-state index is 11.8. The fraction of sp³-hybridized carbons (Fsp3) is 0.722. The molecule has 2 N–H and O–H groups in total. The minimum atomic E-state index is -0.190. The van der Waals surface area contributed by atoms with Gasteiger partial charge < -0.3 is 20.1 Å². The van der Waals surface area contributed by atoms with Gasteiger partial charge in [0.2, 0.25) is 11.8 Å². The van der Waals surface area contributed by atoms with E-state index in [0.717, 1.165) is 13.0 Å². The van der Waals surface area contributed by atoms with Crippen LogP contribution in [0.1, 0.15) is 44.3 Å². The molecule has 1 aliphatic rings. The van der Waals surface area contributed by atoms with Crippen molar-refractivity contribution in [3.05, 3.63) is 11.8 Å². The molecule has 1 saturated carbocycles. The summed E-state index contributed by atoms with van der Waals surface area (Å²) in [7, 11) is 2.18. The van der Waals surface area contributed by atoms with Crippen LogP contribution in [-0.4, -0.2) is 59.6 Å². The van der Waals surface area contributed by atoms with Gasteiger partial charge in [-0.05, 0) is 39.8 Å². The second kappa shape index (κ2) is 11.2. The van der Waals surface area contributed by atoms with E-state index in [1.807, 2.05) is 0 Å². The first-order valence-corrected chi connectivity index (χ1v) is 10.5. The molecule has 2 rings (SSSR count). The average Bonchev–Trinajstić information content (AvgIpc) is 3.04. The molecule has 0 saturated heterocycles. The highest BCUT2D eigenvalue weighted by Crippen LogP contribution is 2.21.